The van der Waals surface area contributed by atoms with Crippen molar-refractivity contribution in [1.82, 2.24) is 9.80 Å². The summed E-state index contributed by atoms with van der Waals surface area (Å²) in [6, 6.07) is -0.284. The molecule has 1 saturated carbocycles. The van der Waals surface area contributed by atoms with Gasteiger partial charge in [0.25, 0.3) is 5.91 Å². The topological polar surface area (TPSA) is 57.7 Å². The minimum Gasteiger partial charge on any atom is -0.321 e. The molecule has 3 rings (SSSR count). The highest BCUT2D eigenvalue weighted by atomic mass is 16.2. The van der Waals surface area contributed by atoms with Gasteiger partial charge in [-0.15, -0.1) is 0 Å². The maximum absolute atomic E-state index is 12.4. The van der Waals surface area contributed by atoms with E-state index in [0.29, 0.717) is 12.8 Å². The van der Waals surface area contributed by atoms with Crippen molar-refractivity contribution in [3.05, 3.63) is 0 Å². The minimum atomic E-state index is -0.364. The van der Waals surface area contributed by atoms with Crippen molar-refractivity contribution < 1.29 is 14.4 Å². The van der Waals surface area contributed by atoms with Crippen LogP contribution in [0.5, 0.6) is 0 Å². The van der Waals surface area contributed by atoms with Crippen molar-refractivity contribution >= 4 is 17.7 Å². The van der Waals surface area contributed by atoms with Gasteiger partial charge in [0.2, 0.25) is 11.8 Å². The van der Waals surface area contributed by atoms with Gasteiger partial charge in [-0.3, -0.25) is 19.3 Å². The van der Waals surface area contributed by atoms with E-state index in [-0.39, 0.29) is 36.3 Å². The van der Waals surface area contributed by atoms with Crippen LogP contribution in [0.4, 0.5) is 0 Å². The van der Waals surface area contributed by atoms with Gasteiger partial charge in [0.05, 0.1) is 0 Å². The molecule has 2 saturated heterocycles. The van der Waals surface area contributed by atoms with Crippen molar-refractivity contribution in [2.75, 3.05) is 6.54 Å². The van der Waals surface area contributed by atoms with Gasteiger partial charge >= 0.3 is 0 Å². The Bertz CT molecular complexity index is 401. The molecule has 0 radical (unpaired) electrons. The van der Waals surface area contributed by atoms with E-state index in [1.54, 1.807) is 0 Å². The molecule has 2 aliphatic heterocycles. The number of amides is 3. The summed E-state index contributed by atoms with van der Waals surface area (Å²) in [6.07, 6.45) is 6.22. The first-order valence-corrected chi connectivity index (χ1v) is 6.84. The molecule has 0 spiro atoms. The molecule has 3 amide bonds. The minimum absolute atomic E-state index is 0.0509. The summed E-state index contributed by atoms with van der Waals surface area (Å²) in [5.74, 6) is -0.368. The van der Waals surface area contributed by atoms with Gasteiger partial charge in [-0.2, -0.15) is 0 Å². The maximum atomic E-state index is 12.4. The molecule has 5 heteroatoms. The molecule has 0 unspecified atom stereocenters. The van der Waals surface area contributed by atoms with Gasteiger partial charge < -0.3 is 4.90 Å². The van der Waals surface area contributed by atoms with E-state index in [1.165, 1.54) is 16.2 Å². The van der Waals surface area contributed by atoms with Crippen LogP contribution in [0.2, 0.25) is 0 Å². The van der Waals surface area contributed by atoms with Gasteiger partial charge in [-0.1, -0.05) is 19.3 Å². The molecule has 0 bridgehead atoms. The molecule has 2 heterocycles. The summed E-state index contributed by atoms with van der Waals surface area (Å²) >= 11 is 0. The summed E-state index contributed by atoms with van der Waals surface area (Å²) in [4.78, 5) is 39.0. The molecular formula is C13H18N2O3. The zero-order chi connectivity index (χ0) is 12.7. The summed E-state index contributed by atoms with van der Waals surface area (Å²) in [5.41, 5.74) is 0. The SMILES string of the molecule is O=C1CN2C(=O)CC[C@H]2C(=O)N1C1CCCCC1. The number of piperazine rings is 1. The molecule has 98 valence electrons. The number of hydrogen-bond donors (Lipinski definition) is 0. The quantitative estimate of drug-likeness (QED) is 0.643. The smallest absolute Gasteiger partial charge is 0.252 e. The zero-order valence-corrected chi connectivity index (χ0v) is 10.4. The molecule has 1 aliphatic carbocycles. The molecule has 5 nitrogen and oxygen atoms in total. The van der Waals surface area contributed by atoms with Crippen LogP contribution < -0.4 is 0 Å². The molecule has 18 heavy (non-hydrogen) atoms. The Balaban J connectivity index is 1.81. The van der Waals surface area contributed by atoms with E-state index in [2.05, 4.69) is 0 Å². The standard InChI is InChI=1S/C13H18N2O3/c16-11-7-6-10-13(18)15(12(17)8-14(10)11)9-4-2-1-3-5-9/h9-10H,1-8H2/t10-/m0/s1. The van der Waals surface area contributed by atoms with Crippen LogP contribution in [0.3, 0.4) is 0 Å². The fourth-order valence-corrected chi connectivity index (χ4v) is 3.42. The summed E-state index contributed by atoms with van der Waals surface area (Å²) < 4.78 is 0. The lowest BCUT2D eigenvalue weighted by Crippen LogP contribution is -2.61. The monoisotopic (exact) mass is 250 g/mol. The van der Waals surface area contributed by atoms with Gasteiger partial charge in [-0.25, -0.2) is 0 Å². The van der Waals surface area contributed by atoms with Gasteiger partial charge in [0.15, 0.2) is 0 Å². The fourth-order valence-electron chi connectivity index (χ4n) is 3.42. The van der Waals surface area contributed by atoms with Crippen molar-refractivity contribution in [2.45, 2.75) is 57.0 Å². The van der Waals surface area contributed by atoms with E-state index >= 15 is 0 Å². The Morgan fingerprint density at radius 2 is 1.61 bits per heavy atom. The maximum Gasteiger partial charge on any atom is 0.252 e. The zero-order valence-electron chi connectivity index (χ0n) is 10.4. The Kier molecular flexibility index (Phi) is 2.84. The van der Waals surface area contributed by atoms with Crippen LogP contribution in [0, 0.1) is 0 Å². The van der Waals surface area contributed by atoms with Crippen LogP contribution in [0.15, 0.2) is 0 Å². The normalized spacial score (nSPS) is 30.0. The number of rotatable bonds is 1. The Hall–Kier alpha value is -1.39. The molecule has 0 aromatic rings. The third-order valence-corrected chi connectivity index (χ3v) is 4.36. The van der Waals surface area contributed by atoms with Crippen molar-refractivity contribution in [2.24, 2.45) is 0 Å². The molecule has 3 fully saturated rings. The van der Waals surface area contributed by atoms with E-state index in [0.717, 1.165) is 25.7 Å². The van der Waals surface area contributed by atoms with Crippen molar-refractivity contribution in [3.63, 3.8) is 0 Å². The molecule has 0 aromatic carbocycles. The summed E-state index contributed by atoms with van der Waals surface area (Å²) in [6.45, 7) is 0.103. The fraction of sp³-hybridized carbons (Fsp3) is 0.769. The largest absolute Gasteiger partial charge is 0.321 e. The Morgan fingerprint density at radius 3 is 2.33 bits per heavy atom. The van der Waals surface area contributed by atoms with E-state index in [1.807, 2.05) is 0 Å². The molecule has 0 aromatic heterocycles. The lowest BCUT2D eigenvalue weighted by atomic mass is 9.93. The second-order valence-corrected chi connectivity index (χ2v) is 5.47. The third-order valence-electron chi connectivity index (χ3n) is 4.36. The van der Waals surface area contributed by atoms with Crippen molar-refractivity contribution in [3.8, 4) is 0 Å². The predicted octanol–water partition coefficient (Wildman–Crippen LogP) is 0.679. The van der Waals surface area contributed by atoms with Gasteiger partial charge in [0, 0.05) is 12.5 Å². The average molecular weight is 250 g/mol. The summed E-state index contributed by atoms with van der Waals surface area (Å²) in [5, 5.41) is 0. The summed E-state index contributed by atoms with van der Waals surface area (Å²) in [7, 11) is 0. The second kappa shape index (κ2) is 4.37. The van der Waals surface area contributed by atoms with E-state index in [9.17, 15) is 14.4 Å². The van der Waals surface area contributed by atoms with Crippen LogP contribution in [0.1, 0.15) is 44.9 Å². The van der Waals surface area contributed by atoms with E-state index < -0.39 is 0 Å². The second-order valence-electron chi connectivity index (χ2n) is 5.47. The highest BCUT2D eigenvalue weighted by Gasteiger charge is 2.47. The lowest BCUT2D eigenvalue weighted by Gasteiger charge is -2.40. The highest BCUT2D eigenvalue weighted by molar-refractivity contribution is 6.06. The van der Waals surface area contributed by atoms with Crippen LogP contribution in [-0.2, 0) is 14.4 Å². The highest BCUT2D eigenvalue weighted by Crippen LogP contribution is 2.30. The van der Waals surface area contributed by atoms with E-state index in [4.69, 9.17) is 0 Å². The average Bonchev–Trinajstić information content (AvgIpc) is 2.73. The first-order valence-electron chi connectivity index (χ1n) is 6.84. The first-order chi connectivity index (χ1) is 8.68. The number of carbonyl (C=O) groups excluding carboxylic acids is 3. The molecule has 0 N–H and O–H groups in total. The third kappa shape index (κ3) is 1.72. The molecule has 3 aliphatic rings. The number of imide groups is 1. The van der Waals surface area contributed by atoms with Crippen LogP contribution in [0.25, 0.3) is 0 Å². The molecule has 1 atom stereocenters. The van der Waals surface area contributed by atoms with Gasteiger partial charge in [-0.05, 0) is 19.3 Å². The lowest BCUT2D eigenvalue weighted by molar-refractivity contribution is -0.161. The van der Waals surface area contributed by atoms with Crippen molar-refractivity contribution in [1.29, 1.82) is 0 Å². The first kappa shape index (κ1) is 11.7. The number of hydrogen-bond acceptors (Lipinski definition) is 3. The predicted molar refractivity (Wildman–Crippen MR) is 63.5 cm³/mol. The van der Waals surface area contributed by atoms with Crippen LogP contribution in [-0.4, -0.2) is 46.1 Å². The van der Waals surface area contributed by atoms with Gasteiger partial charge in [0.1, 0.15) is 12.6 Å². The van der Waals surface area contributed by atoms with Crippen LogP contribution >= 0.6 is 0 Å². The number of carbonyl (C=O) groups is 3. The Morgan fingerprint density at radius 1 is 0.889 bits per heavy atom. The molecular weight excluding hydrogens is 232 g/mol. The Labute approximate surface area is 106 Å². The number of nitrogens with zero attached hydrogens (tertiary/aromatic N) is 2. The number of fused-ring (bicyclic) bond motifs is 1.